The van der Waals surface area contributed by atoms with Gasteiger partial charge in [-0.1, -0.05) is 55.0 Å². The number of aryl methyl sites for hydroxylation is 2. The summed E-state index contributed by atoms with van der Waals surface area (Å²) < 4.78 is 0. The fourth-order valence-electron chi connectivity index (χ4n) is 2.67. The standard InChI is InChI=1S/C23H28N4O2/c1-18-10-6-8-12-20(18)16-24-26-22(28)14-4-3-5-15-23(29)27-25-17-21-13-9-7-11-19(21)2/h6-13,16-17H,3-5,14-15H2,1-2H3,(H,26,28)(H,27,29)/b24-16+,25-17+. The molecule has 0 unspecified atom stereocenters. The van der Waals surface area contributed by atoms with Crippen LogP contribution in [-0.2, 0) is 9.59 Å². The van der Waals surface area contributed by atoms with Crippen molar-refractivity contribution in [1.29, 1.82) is 0 Å². The minimum Gasteiger partial charge on any atom is -0.273 e. The number of rotatable bonds is 10. The minimum absolute atomic E-state index is 0.123. The zero-order chi connectivity index (χ0) is 20.9. The molecule has 0 aliphatic carbocycles. The van der Waals surface area contributed by atoms with Gasteiger partial charge in [-0.15, -0.1) is 0 Å². The normalized spacial score (nSPS) is 11.1. The number of hydrogen-bond donors (Lipinski definition) is 2. The maximum Gasteiger partial charge on any atom is 0.240 e. The monoisotopic (exact) mass is 392 g/mol. The topological polar surface area (TPSA) is 82.9 Å². The molecule has 0 radical (unpaired) electrons. The van der Waals surface area contributed by atoms with E-state index >= 15 is 0 Å². The van der Waals surface area contributed by atoms with Gasteiger partial charge < -0.3 is 0 Å². The number of carbonyl (C=O) groups excluding carboxylic acids is 2. The largest absolute Gasteiger partial charge is 0.273 e. The zero-order valence-electron chi connectivity index (χ0n) is 17.0. The summed E-state index contributed by atoms with van der Waals surface area (Å²) in [6.07, 6.45) is 6.29. The molecular formula is C23H28N4O2. The Labute approximate surface area is 172 Å². The van der Waals surface area contributed by atoms with Crippen molar-refractivity contribution in [3.05, 3.63) is 70.8 Å². The Balaban J connectivity index is 1.56. The maximum atomic E-state index is 11.8. The van der Waals surface area contributed by atoms with Gasteiger partial charge in [-0.25, -0.2) is 10.9 Å². The smallest absolute Gasteiger partial charge is 0.240 e. The van der Waals surface area contributed by atoms with E-state index in [4.69, 9.17) is 0 Å². The maximum absolute atomic E-state index is 11.8. The van der Waals surface area contributed by atoms with Crippen molar-refractivity contribution >= 4 is 24.2 Å². The summed E-state index contributed by atoms with van der Waals surface area (Å²) in [5, 5.41) is 7.98. The summed E-state index contributed by atoms with van der Waals surface area (Å²) >= 11 is 0. The molecule has 29 heavy (non-hydrogen) atoms. The van der Waals surface area contributed by atoms with E-state index in [0.717, 1.165) is 28.7 Å². The Morgan fingerprint density at radius 2 is 1.14 bits per heavy atom. The summed E-state index contributed by atoms with van der Waals surface area (Å²) in [6, 6.07) is 15.7. The van der Waals surface area contributed by atoms with Crippen LogP contribution in [0.4, 0.5) is 0 Å². The zero-order valence-corrected chi connectivity index (χ0v) is 17.0. The highest BCUT2D eigenvalue weighted by Gasteiger charge is 2.02. The van der Waals surface area contributed by atoms with Gasteiger partial charge in [0.25, 0.3) is 0 Å². The third-order valence-electron chi connectivity index (χ3n) is 4.47. The van der Waals surface area contributed by atoms with Crippen LogP contribution in [0.5, 0.6) is 0 Å². The first-order valence-corrected chi connectivity index (χ1v) is 9.81. The van der Waals surface area contributed by atoms with Crippen LogP contribution in [0.25, 0.3) is 0 Å². The van der Waals surface area contributed by atoms with Crippen LogP contribution in [-0.4, -0.2) is 24.2 Å². The van der Waals surface area contributed by atoms with E-state index < -0.39 is 0 Å². The average molecular weight is 393 g/mol. The quantitative estimate of drug-likeness (QED) is 0.366. The molecule has 0 fully saturated rings. The number of hydrazone groups is 2. The number of nitrogens with zero attached hydrogens (tertiary/aromatic N) is 2. The Kier molecular flexibility index (Phi) is 9.29. The van der Waals surface area contributed by atoms with E-state index in [1.807, 2.05) is 62.4 Å². The Hall–Kier alpha value is -3.28. The second-order valence-electron chi connectivity index (χ2n) is 6.86. The first-order chi connectivity index (χ1) is 14.1. The van der Waals surface area contributed by atoms with Gasteiger partial charge in [-0.2, -0.15) is 10.2 Å². The molecule has 0 spiro atoms. The molecule has 2 aromatic carbocycles. The first-order valence-electron chi connectivity index (χ1n) is 9.81. The van der Waals surface area contributed by atoms with Crippen molar-refractivity contribution in [2.24, 2.45) is 10.2 Å². The molecule has 6 nitrogen and oxygen atoms in total. The van der Waals surface area contributed by atoms with Crippen LogP contribution in [0.3, 0.4) is 0 Å². The molecular weight excluding hydrogens is 364 g/mol. The molecule has 2 rings (SSSR count). The second kappa shape index (κ2) is 12.2. The molecule has 2 N–H and O–H groups in total. The van der Waals surface area contributed by atoms with Crippen LogP contribution < -0.4 is 10.9 Å². The van der Waals surface area contributed by atoms with Crippen molar-refractivity contribution in [3.63, 3.8) is 0 Å². The Morgan fingerprint density at radius 3 is 1.55 bits per heavy atom. The van der Waals surface area contributed by atoms with E-state index in [0.29, 0.717) is 25.7 Å². The highest BCUT2D eigenvalue weighted by Crippen LogP contribution is 2.05. The first kappa shape index (κ1) is 22.0. The highest BCUT2D eigenvalue weighted by atomic mass is 16.2. The molecule has 0 bridgehead atoms. The van der Waals surface area contributed by atoms with Gasteiger partial charge >= 0.3 is 0 Å². The van der Waals surface area contributed by atoms with E-state index in [9.17, 15) is 9.59 Å². The van der Waals surface area contributed by atoms with Gasteiger partial charge in [0.05, 0.1) is 12.4 Å². The molecule has 0 saturated heterocycles. The van der Waals surface area contributed by atoms with E-state index in [1.54, 1.807) is 12.4 Å². The number of nitrogens with one attached hydrogen (secondary N) is 2. The lowest BCUT2D eigenvalue weighted by Crippen LogP contribution is -2.18. The lowest BCUT2D eigenvalue weighted by Gasteiger charge is -2.02. The van der Waals surface area contributed by atoms with Crippen LogP contribution in [0.15, 0.2) is 58.7 Å². The number of carbonyl (C=O) groups is 2. The SMILES string of the molecule is Cc1ccccc1/C=N/NC(=O)CCCCCC(=O)N/N=C/c1ccccc1C. The number of hydrogen-bond acceptors (Lipinski definition) is 4. The van der Waals surface area contributed by atoms with Gasteiger partial charge in [-0.3, -0.25) is 9.59 Å². The van der Waals surface area contributed by atoms with E-state index in [-0.39, 0.29) is 11.8 Å². The summed E-state index contributed by atoms with van der Waals surface area (Å²) in [4.78, 5) is 23.6. The summed E-state index contributed by atoms with van der Waals surface area (Å²) in [5.74, 6) is -0.246. The predicted octanol–water partition coefficient (Wildman–Crippen LogP) is 3.85. The van der Waals surface area contributed by atoms with Crippen molar-refractivity contribution in [2.45, 2.75) is 46.0 Å². The van der Waals surface area contributed by atoms with Gasteiger partial charge in [-0.05, 0) is 48.9 Å². The number of amides is 2. The Morgan fingerprint density at radius 1 is 0.724 bits per heavy atom. The summed E-state index contributed by atoms with van der Waals surface area (Å²) in [5.41, 5.74) is 9.24. The average Bonchev–Trinajstić information content (AvgIpc) is 2.70. The van der Waals surface area contributed by atoms with E-state index in [1.165, 1.54) is 0 Å². The number of benzene rings is 2. The summed E-state index contributed by atoms with van der Waals surface area (Å²) in [6.45, 7) is 3.99. The molecule has 2 amide bonds. The molecule has 0 atom stereocenters. The van der Waals surface area contributed by atoms with Gasteiger partial charge in [0.15, 0.2) is 0 Å². The molecule has 2 aromatic rings. The fraction of sp³-hybridized carbons (Fsp3) is 0.304. The minimum atomic E-state index is -0.123. The van der Waals surface area contributed by atoms with Crippen molar-refractivity contribution < 1.29 is 9.59 Å². The van der Waals surface area contributed by atoms with Crippen LogP contribution >= 0.6 is 0 Å². The van der Waals surface area contributed by atoms with Crippen molar-refractivity contribution in [2.75, 3.05) is 0 Å². The predicted molar refractivity (Wildman–Crippen MR) is 117 cm³/mol. The van der Waals surface area contributed by atoms with Crippen LogP contribution in [0.2, 0.25) is 0 Å². The molecule has 0 saturated carbocycles. The van der Waals surface area contributed by atoms with Gasteiger partial charge in [0, 0.05) is 12.8 Å². The molecule has 0 aromatic heterocycles. The fourth-order valence-corrected chi connectivity index (χ4v) is 2.67. The molecule has 0 heterocycles. The third-order valence-corrected chi connectivity index (χ3v) is 4.47. The molecule has 152 valence electrons. The lowest BCUT2D eigenvalue weighted by molar-refractivity contribution is -0.121. The molecule has 0 aliphatic rings. The highest BCUT2D eigenvalue weighted by molar-refractivity contribution is 5.84. The second-order valence-corrected chi connectivity index (χ2v) is 6.86. The van der Waals surface area contributed by atoms with Crippen LogP contribution in [0.1, 0.15) is 54.4 Å². The van der Waals surface area contributed by atoms with E-state index in [2.05, 4.69) is 21.1 Å². The molecule has 6 heteroatoms. The van der Waals surface area contributed by atoms with Gasteiger partial charge in [0.2, 0.25) is 11.8 Å². The third kappa shape index (κ3) is 8.51. The lowest BCUT2D eigenvalue weighted by atomic mass is 10.1. The van der Waals surface area contributed by atoms with Crippen molar-refractivity contribution in [1.82, 2.24) is 10.9 Å². The Bertz CT molecular complexity index is 803. The molecule has 0 aliphatic heterocycles. The van der Waals surface area contributed by atoms with Crippen LogP contribution in [0, 0.1) is 13.8 Å². The summed E-state index contributed by atoms with van der Waals surface area (Å²) in [7, 11) is 0. The van der Waals surface area contributed by atoms with Gasteiger partial charge in [0.1, 0.15) is 0 Å². The number of unbranched alkanes of at least 4 members (excludes halogenated alkanes) is 2. The van der Waals surface area contributed by atoms with Crippen molar-refractivity contribution in [3.8, 4) is 0 Å².